The minimum absolute atomic E-state index is 0.163. The Kier molecular flexibility index (Phi) is 3.28. The summed E-state index contributed by atoms with van der Waals surface area (Å²) in [6.07, 6.45) is 7.74. The number of hydrogen-bond acceptors (Lipinski definition) is 4. The van der Waals surface area contributed by atoms with E-state index in [1.807, 2.05) is 18.1 Å². The van der Waals surface area contributed by atoms with Gasteiger partial charge in [-0.25, -0.2) is 4.98 Å². The van der Waals surface area contributed by atoms with Gasteiger partial charge in [-0.3, -0.25) is 14.3 Å². The number of carbonyl (C=O) groups is 1. The van der Waals surface area contributed by atoms with Gasteiger partial charge in [0.1, 0.15) is 11.5 Å². The Bertz CT molecular complexity index is 801. The van der Waals surface area contributed by atoms with Crippen LogP contribution in [0, 0.1) is 0 Å². The highest BCUT2D eigenvalue weighted by Gasteiger charge is 2.35. The number of amides is 1. The Morgan fingerprint density at radius 3 is 2.78 bits per heavy atom. The van der Waals surface area contributed by atoms with Crippen molar-refractivity contribution in [2.45, 2.75) is 44.2 Å². The van der Waals surface area contributed by atoms with Crippen molar-refractivity contribution in [1.29, 1.82) is 0 Å². The zero-order valence-electron chi connectivity index (χ0n) is 13.0. The molecule has 2 saturated carbocycles. The number of carbonyl (C=O) groups excluding carboxylic acids is 1. The van der Waals surface area contributed by atoms with Gasteiger partial charge in [0.2, 0.25) is 0 Å². The molecule has 120 valence electrons. The summed E-state index contributed by atoms with van der Waals surface area (Å²) >= 11 is 0. The maximum Gasteiger partial charge on any atom is 0.273 e. The van der Waals surface area contributed by atoms with Gasteiger partial charge in [0.15, 0.2) is 0 Å². The van der Waals surface area contributed by atoms with E-state index in [9.17, 15) is 9.59 Å². The molecule has 0 radical (unpaired) electrons. The normalized spacial score (nSPS) is 17.3. The first-order valence-electron chi connectivity index (χ1n) is 8.00. The van der Waals surface area contributed by atoms with E-state index in [0.29, 0.717) is 18.3 Å². The van der Waals surface area contributed by atoms with E-state index < -0.39 is 0 Å². The SMILES string of the molecule is Cn1cc(CN(C(=O)c2cc(=O)[nH]c(C3CC3)n2)C2CC2)cn1. The Morgan fingerprint density at radius 1 is 1.39 bits per heavy atom. The molecule has 2 aliphatic rings. The topological polar surface area (TPSA) is 83.9 Å². The lowest BCUT2D eigenvalue weighted by atomic mass is 10.2. The van der Waals surface area contributed by atoms with Gasteiger partial charge >= 0.3 is 0 Å². The van der Waals surface area contributed by atoms with Crippen molar-refractivity contribution < 1.29 is 4.79 Å². The minimum atomic E-state index is -0.248. The minimum Gasteiger partial charge on any atom is -0.330 e. The second kappa shape index (κ2) is 5.33. The van der Waals surface area contributed by atoms with Gasteiger partial charge in [-0.15, -0.1) is 0 Å². The quantitative estimate of drug-likeness (QED) is 0.898. The molecule has 0 spiro atoms. The van der Waals surface area contributed by atoms with Crippen LogP contribution < -0.4 is 5.56 Å². The lowest BCUT2D eigenvalue weighted by Crippen LogP contribution is -2.34. The Morgan fingerprint density at radius 2 is 2.17 bits per heavy atom. The van der Waals surface area contributed by atoms with Crippen LogP contribution in [0.3, 0.4) is 0 Å². The highest BCUT2D eigenvalue weighted by Crippen LogP contribution is 2.37. The Labute approximate surface area is 133 Å². The zero-order valence-corrected chi connectivity index (χ0v) is 13.0. The number of aromatic amines is 1. The van der Waals surface area contributed by atoms with E-state index in [-0.39, 0.29) is 23.2 Å². The number of nitrogens with zero attached hydrogens (tertiary/aromatic N) is 4. The predicted octanol–water partition coefficient (Wildman–Crippen LogP) is 1.19. The van der Waals surface area contributed by atoms with E-state index in [2.05, 4.69) is 15.1 Å². The van der Waals surface area contributed by atoms with Crippen LogP contribution >= 0.6 is 0 Å². The summed E-state index contributed by atoms with van der Waals surface area (Å²) < 4.78 is 1.72. The van der Waals surface area contributed by atoms with Crippen LogP contribution in [-0.4, -0.2) is 36.6 Å². The molecule has 1 N–H and O–H groups in total. The predicted molar refractivity (Wildman–Crippen MR) is 82.9 cm³/mol. The van der Waals surface area contributed by atoms with Crippen molar-refractivity contribution >= 4 is 5.91 Å². The van der Waals surface area contributed by atoms with Crippen molar-refractivity contribution in [1.82, 2.24) is 24.6 Å². The summed E-state index contributed by atoms with van der Waals surface area (Å²) in [5.74, 6) is 0.797. The number of nitrogens with one attached hydrogen (secondary N) is 1. The van der Waals surface area contributed by atoms with Crippen LogP contribution in [0.5, 0.6) is 0 Å². The fourth-order valence-corrected chi connectivity index (χ4v) is 2.79. The number of aryl methyl sites for hydroxylation is 1. The number of hydrogen-bond donors (Lipinski definition) is 1. The Balaban J connectivity index is 1.61. The first-order chi connectivity index (χ1) is 11.1. The average molecular weight is 313 g/mol. The molecule has 0 saturated heterocycles. The highest BCUT2D eigenvalue weighted by atomic mass is 16.2. The van der Waals surface area contributed by atoms with Crippen molar-refractivity contribution in [3.8, 4) is 0 Å². The zero-order chi connectivity index (χ0) is 16.0. The standard InChI is InChI=1S/C16H19N5O2/c1-20-8-10(7-17-20)9-21(12-4-5-12)16(23)13-6-14(22)19-15(18-13)11-2-3-11/h6-8,11-12H,2-5,9H2,1H3,(H,18,19,22). The molecule has 0 atom stereocenters. The third-order valence-electron chi connectivity index (χ3n) is 4.30. The third kappa shape index (κ3) is 3.04. The van der Waals surface area contributed by atoms with E-state index in [4.69, 9.17) is 0 Å². The first kappa shape index (κ1) is 14.2. The van der Waals surface area contributed by atoms with Crippen molar-refractivity contribution in [3.05, 3.63) is 45.9 Å². The summed E-state index contributed by atoms with van der Waals surface area (Å²) in [7, 11) is 1.85. The molecule has 2 aliphatic carbocycles. The maximum absolute atomic E-state index is 12.9. The second-order valence-electron chi connectivity index (χ2n) is 6.48. The smallest absolute Gasteiger partial charge is 0.273 e. The molecule has 1 amide bonds. The van der Waals surface area contributed by atoms with Gasteiger partial charge < -0.3 is 9.88 Å². The van der Waals surface area contributed by atoms with E-state index in [1.165, 1.54) is 6.07 Å². The molecule has 4 rings (SSSR count). The monoisotopic (exact) mass is 313 g/mol. The number of rotatable bonds is 5. The van der Waals surface area contributed by atoms with Crippen LogP contribution in [0.15, 0.2) is 23.3 Å². The molecule has 2 heterocycles. The van der Waals surface area contributed by atoms with Crippen molar-refractivity contribution in [2.75, 3.05) is 0 Å². The molecule has 7 heteroatoms. The molecular formula is C16H19N5O2. The highest BCUT2D eigenvalue weighted by molar-refractivity contribution is 5.92. The summed E-state index contributed by atoms with van der Waals surface area (Å²) in [6, 6.07) is 1.56. The van der Waals surface area contributed by atoms with Crippen LogP contribution in [-0.2, 0) is 13.6 Å². The van der Waals surface area contributed by atoms with Gasteiger partial charge in [0, 0.05) is 43.4 Å². The van der Waals surface area contributed by atoms with E-state index in [1.54, 1.807) is 10.9 Å². The molecule has 2 aromatic rings. The molecule has 0 unspecified atom stereocenters. The molecule has 0 bridgehead atoms. The molecule has 2 fully saturated rings. The lowest BCUT2D eigenvalue weighted by molar-refractivity contribution is 0.0723. The maximum atomic E-state index is 12.9. The Hall–Kier alpha value is -2.44. The molecule has 2 aromatic heterocycles. The largest absolute Gasteiger partial charge is 0.330 e. The van der Waals surface area contributed by atoms with Gasteiger partial charge in [-0.1, -0.05) is 0 Å². The van der Waals surface area contributed by atoms with Crippen molar-refractivity contribution in [2.24, 2.45) is 7.05 Å². The van der Waals surface area contributed by atoms with Crippen LogP contribution in [0.25, 0.3) is 0 Å². The van der Waals surface area contributed by atoms with Gasteiger partial charge in [-0.05, 0) is 25.7 Å². The number of H-pyrrole nitrogens is 1. The van der Waals surface area contributed by atoms with E-state index in [0.717, 1.165) is 31.2 Å². The molecular weight excluding hydrogens is 294 g/mol. The van der Waals surface area contributed by atoms with Crippen LogP contribution in [0.4, 0.5) is 0 Å². The third-order valence-corrected chi connectivity index (χ3v) is 4.30. The summed E-state index contributed by atoms with van der Waals surface area (Å²) in [5, 5.41) is 4.15. The number of aromatic nitrogens is 4. The van der Waals surface area contributed by atoms with Gasteiger partial charge in [0.25, 0.3) is 11.5 Å². The molecule has 0 aliphatic heterocycles. The molecule has 7 nitrogen and oxygen atoms in total. The summed E-state index contributed by atoms with van der Waals surface area (Å²) in [6.45, 7) is 0.505. The first-order valence-corrected chi connectivity index (χ1v) is 8.00. The second-order valence-corrected chi connectivity index (χ2v) is 6.48. The summed E-state index contributed by atoms with van der Waals surface area (Å²) in [5.41, 5.74) is 0.994. The van der Waals surface area contributed by atoms with Gasteiger partial charge in [-0.2, -0.15) is 5.10 Å². The van der Waals surface area contributed by atoms with Crippen LogP contribution in [0.2, 0.25) is 0 Å². The van der Waals surface area contributed by atoms with Crippen molar-refractivity contribution in [3.63, 3.8) is 0 Å². The van der Waals surface area contributed by atoms with E-state index >= 15 is 0 Å². The average Bonchev–Trinajstić information content (AvgIpc) is 3.43. The van der Waals surface area contributed by atoms with Crippen LogP contribution in [0.1, 0.15) is 53.5 Å². The van der Waals surface area contributed by atoms with Gasteiger partial charge in [0.05, 0.1) is 6.20 Å². The molecule has 23 heavy (non-hydrogen) atoms. The fraction of sp³-hybridized carbons (Fsp3) is 0.500. The molecule has 0 aromatic carbocycles. The fourth-order valence-electron chi connectivity index (χ4n) is 2.79. The summed E-state index contributed by atoms with van der Waals surface area (Å²) in [4.78, 5) is 33.7. The lowest BCUT2D eigenvalue weighted by Gasteiger charge is -2.21.